The molecule has 0 aliphatic carbocycles. The molecular formula is C12H14O3. The number of phenolic OH excluding ortho intramolecular Hbond substituents is 1. The van der Waals surface area contributed by atoms with E-state index in [4.69, 9.17) is 4.74 Å². The van der Waals surface area contributed by atoms with Gasteiger partial charge in [-0.05, 0) is 25.0 Å². The zero-order valence-corrected chi connectivity index (χ0v) is 8.69. The van der Waals surface area contributed by atoms with Gasteiger partial charge in [0.25, 0.3) is 0 Å². The summed E-state index contributed by atoms with van der Waals surface area (Å²) >= 11 is 0. The zero-order valence-electron chi connectivity index (χ0n) is 8.69. The highest BCUT2D eigenvalue weighted by molar-refractivity contribution is 5.94. The molecule has 0 saturated carbocycles. The van der Waals surface area contributed by atoms with Crippen LogP contribution in [0.25, 0.3) is 0 Å². The number of phenols is 1. The minimum absolute atomic E-state index is 0.166. The second-order valence-corrected chi connectivity index (χ2v) is 3.77. The fraction of sp³-hybridized carbons (Fsp3) is 0.417. The molecule has 0 bridgehead atoms. The predicted octanol–water partition coefficient (Wildman–Crippen LogP) is 2.79. The van der Waals surface area contributed by atoms with Crippen LogP contribution < -0.4 is 0 Å². The van der Waals surface area contributed by atoms with Crippen LogP contribution in [0.4, 0.5) is 0 Å². The van der Waals surface area contributed by atoms with Crippen LogP contribution in [0.2, 0.25) is 0 Å². The van der Waals surface area contributed by atoms with Crippen LogP contribution in [0, 0.1) is 0 Å². The van der Waals surface area contributed by atoms with Gasteiger partial charge in [-0.1, -0.05) is 19.4 Å². The van der Waals surface area contributed by atoms with Crippen LogP contribution in [0.1, 0.15) is 48.2 Å². The van der Waals surface area contributed by atoms with Gasteiger partial charge in [0.05, 0.1) is 5.56 Å². The number of fused-ring (bicyclic) bond motifs is 1. The smallest absolute Gasteiger partial charge is 0.339 e. The van der Waals surface area contributed by atoms with E-state index >= 15 is 0 Å². The molecule has 80 valence electrons. The van der Waals surface area contributed by atoms with Crippen molar-refractivity contribution in [1.82, 2.24) is 0 Å². The van der Waals surface area contributed by atoms with Gasteiger partial charge in [0, 0.05) is 5.56 Å². The summed E-state index contributed by atoms with van der Waals surface area (Å²) in [4.78, 5) is 11.5. The van der Waals surface area contributed by atoms with Crippen molar-refractivity contribution in [1.29, 1.82) is 0 Å². The number of carbonyl (C=O) groups is 1. The molecule has 3 nitrogen and oxygen atoms in total. The molecule has 0 amide bonds. The Hall–Kier alpha value is -1.51. The molecule has 1 aromatic rings. The van der Waals surface area contributed by atoms with Crippen LogP contribution in [0.3, 0.4) is 0 Å². The van der Waals surface area contributed by atoms with Gasteiger partial charge in [-0.3, -0.25) is 0 Å². The van der Waals surface area contributed by atoms with Gasteiger partial charge in [-0.2, -0.15) is 0 Å². The maximum Gasteiger partial charge on any atom is 0.339 e. The number of esters is 1. The molecule has 1 heterocycles. The Morgan fingerprint density at radius 3 is 3.00 bits per heavy atom. The van der Waals surface area contributed by atoms with Gasteiger partial charge >= 0.3 is 5.97 Å². The molecule has 0 aromatic heterocycles. The number of rotatable bonds is 3. The van der Waals surface area contributed by atoms with E-state index in [0.29, 0.717) is 11.1 Å². The summed E-state index contributed by atoms with van der Waals surface area (Å²) in [5.41, 5.74) is 1.17. The number of aromatic hydroxyl groups is 1. The lowest BCUT2D eigenvalue weighted by Gasteiger charge is -2.10. The van der Waals surface area contributed by atoms with Crippen molar-refractivity contribution in [3.63, 3.8) is 0 Å². The van der Waals surface area contributed by atoms with E-state index in [9.17, 15) is 9.90 Å². The number of hydrogen-bond acceptors (Lipinski definition) is 3. The van der Waals surface area contributed by atoms with Crippen molar-refractivity contribution in [3.05, 3.63) is 29.3 Å². The van der Waals surface area contributed by atoms with E-state index in [0.717, 1.165) is 19.3 Å². The van der Waals surface area contributed by atoms with Gasteiger partial charge in [-0.25, -0.2) is 4.79 Å². The molecule has 15 heavy (non-hydrogen) atoms. The third-order valence-electron chi connectivity index (χ3n) is 2.69. The van der Waals surface area contributed by atoms with Gasteiger partial charge in [0.1, 0.15) is 11.9 Å². The third kappa shape index (κ3) is 1.69. The lowest BCUT2D eigenvalue weighted by Crippen LogP contribution is -1.98. The van der Waals surface area contributed by atoms with Gasteiger partial charge in [0.2, 0.25) is 0 Å². The fourth-order valence-corrected chi connectivity index (χ4v) is 1.91. The molecule has 3 heteroatoms. The summed E-state index contributed by atoms with van der Waals surface area (Å²) in [6.45, 7) is 2.09. The molecule has 1 N–H and O–H groups in total. The second-order valence-electron chi connectivity index (χ2n) is 3.77. The highest BCUT2D eigenvalue weighted by atomic mass is 16.5. The Balaban J connectivity index is 2.31. The average molecular weight is 206 g/mol. The molecule has 0 saturated heterocycles. The molecule has 0 fully saturated rings. The maximum atomic E-state index is 11.5. The van der Waals surface area contributed by atoms with Crippen molar-refractivity contribution in [3.8, 4) is 5.75 Å². The molecule has 0 radical (unpaired) electrons. The van der Waals surface area contributed by atoms with Gasteiger partial charge in [0.15, 0.2) is 0 Å². The third-order valence-corrected chi connectivity index (χ3v) is 2.69. The van der Waals surface area contributed by atoms with Crippen molar-refractivity contribution >= 4 is 5.97 Å². The summed E-state index contributed by atoms with van der Waals surface area (Å²) in [5.74, 6) is -0.151. The van der Waals surface area contributed by atoms with E-state index in [1.165, 1.54) is 0 Å². The fourth-order valence-electron chi connectivity index (χ4n) is 1.91. The van der Waals surface area contributed by atoms with Crippen LogP contribution >= 0.6 is 0 Å². The first-order chi connectivity index (χ1) is 7.24. The average Bonchev–Trinajstić information content (AvgIpc) is 2.55. The number of benzene rings is 1. The molecular weight excluding hydrogens is 192 g/mol. The summed E-state index contributed by atoms with van der Waals surface area (Å²) in [6.07, 6.45) is 2.57. The highest BCUT2D eigenvalue weighted by Gasteiger charge is 2.32. The largest absolute Gasteiger partial charge is 0.508 e. The normalized spacial score (nSPS) is 18.7. The topological polar surface area (TPSA) is 46.5 Å². The maximum absolute atomic E-state index is 11.5. The van der Waals surface area contributed by atoms with Crippen molar-refractivity contribution < 1.29 is 14.6 Å². The summed E-state index contributed by atoms with van der Waals surface area (Å²) < 4.78 is 5.22. The molecule has 2 rings (SSSR count). The van der Waals surface area contributed by atoms with Crippen LogP contribution in [0.15, 0.2) is 18.2 Å². The minimum atomic E-state index is -0.318. The van der Waals surface area contributed by atoms with Crippen LogP contribution in [-0.4, -0.2) is 11.1 Å². The summed E-state index contributed by atoms with van der Waals surface area (Å²) in [7, 11) is 0. The van der Waals surface area contributed by atoms with Crippen molar-refractivity contribution in [2.24, 2.45) is 0 Å². The van der Waals surface area contributed by atoms with E-state index in [2.05, 4.69) is 6.92 Å². The van der Waals surface area contributed by atoms with Gasteiger partial charge < -0.3 is 9.84 Å². The highest BCUT2D eigenvalue weighted by Crippen LogP contribution is 2.39. The number of ether oxygens (including phenoxy) is 1. The first kappa shape index (κ1) is 10.0. The number of hydrogen-bond donors (Lipinski definition) is 1. The Labute approximate surface area is 88.7 Å². The molecule has 0 spiro atoms. The lowest BCUT2D eigenvalue weighted by molar-refractivity contribution is 0.0362. The van der Waals surface area contributed by atoms with Gasteiger partial charge in [-0.15, -0.1) is 0 Å². The van der Waals surface area contributed by atoms with E-state index in [-0.39, 0.29) is 17.8 Å². The zero-order chi connectivity index (χ0) is 10.8. The molecule has 1 aliphatic rings. The predicted molar refractivity (Wildman–Crippen MR) is 55.8 cm³/mol. The molecule has 0 unspecified atom stereocenters. The van der Waals surface area contributed by atoms with Crippen molar-refractivity contribution in [2.45, 2.75) is 32.3 Å². The minimum Gasteiger partial charge on any atom is -0.508 e. The van der Waals surface area contributed by atoms with E-state index < -0.39 is 0 Å². The Morgan fingerprint density at radius 1 is 1.47 bits per heavy atom. The summed E-state index contributed by atoms with van der Waals surface area (Å²) in [5, 5.41) is 9.69. The van der Waals surface area contributed by atoms with E-state index in [1.54, 1.807) is 18.2 Å². The first-order valence-corrected chi connectivity index (χ1v) is 5.27. The quantitative estimate of drug-likeness (QED) is 0.773. The second kappa shape index (κ2) is 3.93. The SMILES string of the molecule is CCCC[C@@H]1OC(=O)c2cccc(O)c21. The number of carbonyl (C=O) groups excluding carboxylic acids is 1. The molecule has 1 aromatic carbocycles. The van der Waals surface area contributed by atoms with Crippen LogP contribution in [-0.2, 0) is 4.74 Å². The Bertz CT molecular complexity index is 384. The standard InChI is InChI=1S/C12H14O3/c1-2-3-7-10-11-8(12(14)15-10)5-4-6-9(11)13/h4-6,10,13H,2-3,7H2,1H3/t10-/m0/s1. The number of cyclic esters (lactones) is 1. The lowest BCUT2D eigenvalue weighted by atomic mass is 10.0. The first-order valence-electron chi connectivity index (χ1n) is 5.27. The van der Waals surface area contributed by atoms with Crippen LogP contribution in [0.5, 0.6) is 5.75 Å². The summed E-state index contributed by atoms with van der Waals surface area (Å²) in [6, 6.07) is 4.96. The molecule has 1 atom stereocenters. The molecule has 1 aliphatic heterocycles. The Kier molecular flexibility index (Phi) is 2.62. The number of unbranched alkanes of at least 4 members (excludes halogenated alkanes) is 1. The van der Waals surface area contributed by atoms with E-state index in [1.807, 2.05) is 0 Å². The Morgan fingerprint density at radius 2 is 2.27 bits per heavy atom. The van der Waals surface area contributed by atoms with Crippen molar-refractivity contribution in [2.75, 3.05) is 0 Å². The monoisotopic (exact) mass is 206 g/mol.